The fourth-order valence-corrected chi connectivity index (χ4v) is 2.54. The zero-order valence-corrected chi connectivity index (χ0v) is 12.3. The fraction of sp³-hybridized carbons (Fsp3) is 0.176. The average Bonchev–Trinajstić information content (AvgIpc) is 2.91. The number of rotatable bonds is 3. The van der Waals surface area contributed by atoms with Crippen LogP contribution in [0.3, 0.4) is 0 Å². The zero-order chi connectivity index (χ0) is 16.6. The Balaban J connectivity index is 2.18. The quantitative estimate of drug-likeness (QED) is 0.674. The van der Waals surface area contributed by atoms with Crippen molar-refractivity contribution in [1.82, 2.24) is 9.55 Å². The second kappa shape index (κ2) is 5.53. The van der Waals surface area contributed by atoms with E-state index in [0.29, 0.717) is 17.5 Å². The van der Waals surface area contributed by atoms with Crippen molar-refractivity contribution < 1.29 is 18.0 Å². The number of fused-ring (bicyclic) bond motifs is 1. The molecule has 0 aliphatic carbocycles. The standard InChI is InChI=1S/C17H13F3N2O/c1-2-15-21-13-10-11(16(23)17(18,19)20)8-9-14(13)22(15)12-6-4-3-5-7-12/h3-10H,2H2,1H3. The van der Waals surface area contributed by atoms with Gasteiger partial charge in [0.15, 0.2) is 0 Å². The second-order valence-corrected chi connectivity index (χ2v) is 5.08. The molecule has 0 saturated carbocycles. The van der Waals surface area contributed by atoms with Crippen LogP contribution in [-0.2, 0) is 6.42 Å². The minimum Gasteiger partial charge on any atom is -0.296 e. The van der Waals surface area contributed by atoms with Gasteiger partial charge in [0.25, 0.3) is 5.78 Å². The Labute approximate surface area is 130 Å². The zero-order valence-electron chi connectivity index (χ0n) is 12.3. The maximum Gasteiger partial charge on any atom is 0.454 e. The summed E-state index contributed by atoms with van der Waals surface area (Å²) in [5.74, 6) is -1.13. The first-order chi connectivity index (χ1) is 10.9. The van der Waals surface area contributed by atoms with Crippen LogP contribution in [0.25, 0.3) is 16.7 Å². The van der Waals surface area contributed by atoms with E-state index in [1.807, 2.05) is 41.8 Å². The number of imidazole rings is 1. The minimum absolute atomic E-state index is 0.376. The van der Waals surface area contributed by atoms with Gasteiger partial charge in [0.05, 0.1) is 11.0 Å². The van der Waals surface area contributed by atoms with Crippen molar-refractivity contribution in [2.24, 2.45) is 0 Å². The highest BCUT2D eigenvalue weighted by Gasteiger charge is 2.39. The molecule has 0 fully saturated rings. The number of halogens is 3. The van der Waals surface area contributed by atoms with Crippen LogP contribution in [0.2, 0.25) is 0 Å². The van der Waals surface area contributed by atoms with Gasteiger partial charge in [-0.05, 0) is 30.3 Å². The molecule has 0 aliphatic rings. The molecule has 0 bridgehead atoms. The van der Waals surface area contributed by atoms with E-state index in [1.54, 1.807) is 0 Å². The van der Waals surface area contributed by atoms with Gasteiger partial charge in [-0.3, -0.25) is 9.36 Å². The lowest BCUT2D eigenvalue weighted by Gasteiger charge is -2.08. The van der Waals surface area contributed by atoms with E-state index in [9.17, 15) is 18.0 Å². The molecule has 2 aromatic carbocycles. The van der Waals surface area contributed by atoms with Crippen molar-refractivity contribution >= 4 is 16.8 Å². The van der Waals surface area contributed by atoms with Gasteiger partial charge in [0, 0.05) is 17.7 Å². The first-order valence-electron chi connectivity index (χ1n) is 7.10. The Hall–Kier alpha value is -2.63. The molecule has 0 unspecified atom stereocenters. The summed E-state index contributed by atoms with van der Waals surface area (Å²) in [6.07, 6.45) is -4.27. The molecule has 6 heteroatoms. The monoisotopic (exact) mass is 318 g/mol. The third-order valence-corrected chi connectivity index (χ3v) is 3.57. The Morgan fingerprint density at radius 1 is 1.13 bits per heavy atom. The van der Waals surface area contributed by atoms with E-state index in [1.165, 1.54) is 18.2 Å². The average molecular weight is 318 g/mol. The summed E-state index contributed by atoms with van der Waals surface area (Å²) in [5.41, 5.74) is 1.53. The number of hydrogen-bond acceptors (Lipinski definition) is 2. The topological polar surface area (TPSA) is 34.9 Å². The fourth-order valence-electron chi connectivity index (χ4n) is 2.54. The van der Waals surface area contributed by atoms with Gasteiger partial charge >= 0.3 is 6.18 Å². The third-order valence-electron chi connectivity index (χ3n) is 3.57. The Kier molecular flexibility index (Phi) is 3.67. The van der Waals surface area contributed by atoms with Crippen molar-refractivity contribution in [3.8, 4) is 5.69 Å². The maximum atomic E-state index is 12.6. The lowest BCUT2D eigenvalue weighted by Crippen LogP contribution is -2.22. The summed E-state index contributed by atoms with van der Waals surface area (Å²) < 4.78 is 39.6. The second-order valence-electron chi connectivity index (χ2n) is 5.08. The highest BCUT2D eigenvalue weighted by molar-refractivity contribution is 6.02. The van der Waals surface area contributed by atoms with E-state index in [2.05, 4.69) is 4.98 Å². The van der Waals surface area contributed by atoms with Crippen molar-refractivity contribution in [2.45, 2.75) is 19.5 Å². The lowest BCUT2D eigenvalue weighted by atomic mass is 10.1. The van der Waals surface area contributed by atoms with Gasteiger partial charge in [-0.25, -0.2) is 4.98 Å². The summed E-state index contributed by atoms with van der Waals surface area (Å²) in [4.78, 5) is 15.8. The van der Waals surface area contributed by atoms with Crippen LogP contribution in [0, 0.1) is 0 Å². The summed E-state index contributed by atoms with van der Waals surface area (Å²) in [7, 11) is 0. The Morgan fingerprint density at radius 2 is 1.83 bits per heavy atom. The predicted molar refractivity (Wildman–Crippen MR) is 80.8 cm³/mol. The minimum atomic E-state index is -4.89. The molecule has 0 saturated heterocycles. The largest absolute Gasteiger partial charge is 0.454 e. The molecular formula is C17H13F3N2O. The molecular weight excluding hydrogens is 305 g/mol. The molecule has 3 aromatic rings. The van der Waals surface area contributed by atoms with E-state index in [4.69, 9.17) is 0 Å². The van der Waals surface area contributed by atoms with Crippen molar-refractivity contribution in [2.75, 3.05) is 0 Å². The number of alkyl halides is 3. The normalized spacial score (nSPS) is 11.8. The first kappa shape index (κ1) is 15.3. The van der Waals surface area contributed by atoms with Crippen LogP contribution in [-0.4, -0.2) is 21.5 Å². The molecule has 3 rings (SSSR count). The van der Waals surface area contributed by atoms with E-state index in [-0.39, 0.29) is 0 Å². The highest BCUT2D eigenvalue weighted by atomic mass is 19.4. The van der Waals surface area contributed by atoms with E-state index >= 15 is 0 Å². The number of carbonyl (C=O) groups excluding carboxylic acids is 1. The van der Waals surface area contributed by atoms with Crippen LogP contribution in [0.5, 0.6) is 0 Å². The maximum absolute atomic E-state index is 12.6. The number of carbonyl (C=O) groups is 1. The number of hydrogen-bond donors (Lipinski definition) is 0. The molecule has 0 radical (unpaired) electrons. The molecule has 0 N–H and O–H groups in total. The lowest BCUT2D eigenvalue weighted by molar-refractivity contribution is -0.0885. The van der Waals surface area contributed by atoms with Gasteiger partial charge in [-0.2, -0.15) is 13.2 Å². The smallest absolute Gasteiger partial charge is 0.296 e. The summed E-state index contributed by atoms with van der Waals surface area (Å²) >= 11 is 0. The van der Waals surface area contributed by atoms with Crippen molar-refractivity contribution in [1.29, 1.82) is 0 Å². The summed E-state index contributed by atoms with van der Waals surface area (Å²) in [5, 5.41) is 0. The van der Waals surface area contributed by atoms with Gasteiger partial charge < -0.3 is 0 Å². The molecule has 23 heavy (non-hydrogen) atoms. The number of Topliss-reactive ketones (excluding diaryl/α,β-unsaturated/α-hetero) is 1. The van der Waals surface area contributed by atoms with Gasteiger partial charge in [-0.15, -0.1) is 0 Å². The third kappa shape index (κ3) is 2.72. The summed E-state index contributed by atoms with van der Waals surface area (Å²) in [6, 6.07) is 13.3. The molecule has 0 atom stereocenters. The number of ketones is 1. The van der Waals surface area contributed by atoms with Gasteiger partial charge in [0.2, 0.25) is 0 Å². The molecule has 3 nitrogen and oxygen atoms in total. The number of nitrogens with zero attached hydrogens (tertiary/aromatic N) is 2. The number of benzene rings is 2. The molecule has 0 aliphatic heterocycles. The van der Waals surface area contributed by atoms with Crippen molar-refractivity contribution in [3.63, 3.8) is 0 Å². The number of aryl methyl sites for hydroxylation is 1. The summed E-state index contributed by atoms with van der Waals surface area (Å²) in [6.45, 7) is 1.92. The van der Waals surface area contributed by atoms with Crippen LogP contribution < -0.4 is 0 Å². The Bertz CT molecular complexity index is 867. The van der Waals surface area contributed by atoms with Crippen LogP contribution in [0.4, 0.5) is 13.2 Å². The Morgan fingerprint density at radius 3 is 2.43 bits per heavy atom. The van der Waals surface area contributed by atoms with Crippen LogP contribution in [0.1, 0.15) is 23.1 Å². The van der Waals surface area contributed by atoms with E-state index < -0.39 is 17.5 Å². The molecule has 0 amide bonds. The highest BCUT2D eigenvalue weighted by Crippen LogP contribution is 2.26. The van der Waals surface area contributed by atoms with E-state index in [0.717, 1.165) is 11.5 Å². The van der Waals surface area contributed by atoms with Crippen LogP contribution in [0.15, 0.2) is 48.5 Å². The molecule has 1 heterocycles. The van der Waals surface area contributed by atoms with Crippen molar-refractivity contribution in [3.05, 3.63) is 59.9 Å². The van der Waals surface area contributed by atoms with Gasteiger partial charge in [0.1, 0.15) is 5.82 Å². The SMILES string of the molecule is CCc1nc2cc(C(=O)C(F)(F)F)ccc2n1-c1ccccc1. The number of aromatic nitrogens is 2. The molecule has 118 valence electrons. The molecule has 0 spiro atoms. The van der Waals surface area contributed by atoms with Crippen LogP contribution >= 0.6 is 0 Å². The molecule has 1 aromatic heterocycles. The first-order valence-corrected chi connectivity index (χ1v) is 7.10. The van der Waals surface area contributed by atoms with Gasteiger partial charge in [-0.1, -0.05) is 25.1 Å². The predicted octanol–water partition coefficient (Wildman–Crippen LogP) is 4.33. The number of para-hydroxylation sites is 1.